The third kappa shape index (κ3) is 1.72. The van der Waals surface area contributed by atoms with E-state index in [1.807, 2.05) is 7.05 Å². The SMILES string of the molecule is Cn1c(C2(C)CCCNC2)nc2cc(F)ccc21. The van der Waals surface area contributed by atoms with Crippen LogP contribution in [0.4, 0.5) is 4.39 Å². The van der Waals surface area contributed by atoms with Crippen molar-refractivity contribution in [2.24, 2.45) is 7.05 Å². The maximum absolute atomic E-state index is 13.3. The summed E-state index contributed by atoms with van der Waals surface area (Å²) in [6.45, 7) is 4.25. The first kappa shape index (κ1) is 11.7. The van der Waals surface area contributed by atoms with Crippen LogP contribution in [0.15, 0.2) is 18.2 Å². The van der Waals surface area contributed by atoms with Gasteiger partial charge in [-0.1, -0.05) is 6.92 Å². The number of piperidine rings is 1. The molecule has 18 heavy (non-hydrogen) atoms. The highest BCUT2D eigenvalue weighted by Crippen LogP contribution is 2.31. The van der Waals surface area contributed by atoms with Crippen LogP contribution in [0.3, 0.4) is 0 Å². The van der Waals surface area contributed by atoms with Gasteiger partial charge in [-0.15, -0.1) is 0 Å². The van der Waals surface area contributed by atoms with Gasteiger partial charge in [-0.3, -0.25) is 0 Å². The summed E-state index contributed by atoms with van der Waals surface area (Å²) in [5.41, 5.74) is 1.79. The average Bonchev–Trinajstić information content (AvgIpc) is 2.68. The van der Waals surface area contributed by atoms with Gasteiger partial charge in [-0.05, 0) is 31.5 Å². The maximum atomic E-state index is 13.3. The first-order valence-corrected chi connectivity index (χ1v) is 6.43. The van der Waals surface area contributed by atoms with Crippen LogP contribution in [0.1, 0.15) is 25.6 Å². The molecule has 3 nitrogen and oxygen atoms in total. The van der Waals surface area contributed by atoms with Crippen molar-refractivity contribution in [3.63, 3.8) is 0 Å². The molecule has 1 N–H and O–H groups in total. The number of aromatic nitrogens is 2. The van der Waals surface area contributed by atoms with E-state index in [-0.39, 0.29) is 11.2 Å². The Kier molecular flexibility index (Phi) is 2.63. The Morgan fingerprint density at radius 1 is 1.44 bits per heavy atom. The van der Waals surface area contributed by atoms with E-state index in [9.17, 15) is 4.39 Å². The fraction of sp³-hybridized carbons (Fsp3) is 0.500. The van der Waals surface area contributed by atoms with E-state index in [4.69, 9.17) is 0 Å². The molecule has 0 saturated carbocycles. The Balaban J connectivity index is 2.14. The van der Waals surface area contributed by atoms with Crippen LogP contribution >= 0.6 is 0 Å². The number of benzene rings is 1. The number of halogens is 1. The van der Waals surface area contributed by atoms with Gasteiger partial charge in [0.15, 0.2) is 0 Å². The summed E-state index contributed by atoms with van der Waals surface area (Å²) in [5, 5.41) is 3.43. The van der Waals surface area contributed by atoms with Crippen LogP contribution in [-0.2, 0) is 12.5 Å². The van der Waals surface area contributed by atoms with Crippen molar-refractivity contribution in [2.75, 3.05) is 13.1 Å². The number of hydrogen-bond donors (Lipinski definition) is 1. The fourth-order valence-electron chi connectivity index (χ4n) is 2.96. The molecule has 1 aromatic carbocycles. The number of aryl methyl sites for hydroxylation is 1. The second-order valence-corrected chi connectivity index (χ2v) is 5.47. The van der Waals surface area contributed by atoms with Crippen molar-refractivity contribution in [1.29, 1.82) is 0 Å². The first-order chi connectivity index (χ1) is 8.60. The summed E-state index contributed by atoms with van der Waals surface area (Å²) in [4.78, 5) is 4.65. The maximum Gasteiger partial charge on any atom is 0.125 e. The lowest BCUT2D eigenvalue weighted by Gasteiger charge is -2.33. The van der Waals surface area contributed by atoms with Gasteiger partial charge >= 0.3 is 0 Å². The number of hydrogen-bond acceptors (Lipinski definition) is 2. The molecule has 2 heterocycles. The second-order valence-electron chi connectivity index (χ2n) is 5.47. The van der Waals surface area contributed by atoms with Crippen LogP contribution < -0.4 is 5.32 Å². The average molecular weight is 247 g/mol. The predicted octanol–water partition coefficient (Wildman–Crippen LogP) is 2.35. The summed E-state index contributed by atoms with van der Waals surface area (Å²) in [6.07, 6.45) is 2.29. The minimum atomic E-state index is -0.223. The van der Waals surface area contributed by atoms with Crippen molar-refractivity contribution >= 4 is 11.0 Å². The molecule has 0 spiro atoms. The molecule has 0 radical (unpaired) electrons. The number of rotatable bonds is 1. The molecule has 1 fully saturated rings. The number of imidazole rings is 1. The van der Waals surface area contributed by atoms with Gasteiger partial charge in [-0.25, -0.2) is 9.37 Å². The molecular formula is C14H18FN3. The summed E-state index contributed by atoms with van der Waals surface area (Å²) in [6, 6.07) is 4.81. The van der Waals surface area contributed by atoms with Crippen LogP contribution in [-0.4, -0.2) is 22.6 Å². The van der Waals surface area contributed by atoms with Gasteiger partial charge < -0.3 is 9.88 Å². The van der Waals surface area contributed by atoms with E-state index < -0.39 is 0 Å². The number of nitrogens with one attached hydrogen (secondary N) is 1. The zero-order valence-electron chi connectivity index (χ0n) is 10.8. The zero-order valence-corrected chi connectivity index (χ0v) is 10.8. The largest absolute Gasteiger partial charge is 0.331 e. The van der Waals surface area contributed by atoms with Gasteiger partial charge in [0.2, 0.25) is 0 Å². The third-order valence-corrected chi connectivity index (χ3v) is 3.98. The fourth-order valence-corrected chi connectivity index (χ4v) is 2.96. The molecule has 1 unspecified atom stereocenters. The number of fused-ring (bicyclic) bond motifs is 1. The van der Waals surface area contributed by atoms with Crippen molar-refractivity contribution in [1.82, 2.24) is 14.9 Å². The van der Waals surface area contributed by atoms with Gasteiger partial charge in [0.1, 0.15) is 11.6 Å². The molecule has 1 aliphatic rings. The van der Waals surface area contributed by atoms with Crippen molar-refractivity contribution in [3.05, 3.63) is 29.8 Å². The highest BCUT2D eigenvalue weighted by Gasteiger charge is 2.33. The van der Waals surface area contributed by atoms with Crippen LogP contribution in [0.5, 0.6) is 0 Å². The lowest BCUT2D eigenvalue weighted by Crippen LogP contribution is -2.42. The van der Waals surface area contributed by atoms with E-state index in [2.05, 4.69) is 21.8 Å². The van der Waals surface area contributed by atoms with E-state index in [0.717, 1.165) is 42.8 Å². The zero-order chi connectivity index (χ0) is 12.8. The Bertz CT molecular complexity index is 582. The normalized spacial score (nSPS) is 24.6. The summed E-state index contributed by atoms with van der Waals surface area (Å²) < 4.78 is 15.4. The molecule has 2 aromatic rings. The quantitative estimate of drug-likeness (QED) is 0.838. The first-order valence-electron chi connectivity index (χ1n) is 6.43. The Morgan fingerprint density at radius 3 is 3.00 bits per heavy atom. The summed E-state index contributed by atoms with van der Waals surface area (Å²) in [5.74, 6) is 0.828. The van der Waals surface area contributed by atoms with Crippen LogP contribution in [0.2, 0.25) is 0 Å². The van der Waals surface area contributed by atoms with Gasteiger partial charge in [0, 0.05) is 25.1 Å². The second kappa shape index (κ2) is 4.05. The van der Waals surface area contributed by atoms with Gasteiger partial charge in [0.05, 0.1) is 11.0 Å². The van der Waals surface area contributed by atoms with E-state index in [1.165, 1.54) is 12.1 Å². The molecule has 1 atom stereocenters. The topological polar surface area (TPSA) is 29.9 Å². The number of nitrogens with zero attached hydrogens (tertiary/aromatic N) is 2. The Morgan fingerprint density at radius 2 is 2.28 bits per heavy atom. The van der Waals surface area contributed by atoms with E-state index in [0.29, 0.717) is 0 Å². The highest BCUT2D eigenvalue weighted by molar-refractivity contribution is 5.76. The molecule has 0 aliphatic carbocycles. The van der Waals surface area contributed by atoms with Crippen LogP contribution in [0.25, 0.3) is 11.0 Å². The lowest BCUT2D eigenvalue weighted by molar-refractivity contribution is 0.318. The molecule has 1 aliphatic heterocycles. The molecule has 96 valence electrons. The molecule has 3 rings (SSSR count). The van der Waals surface area contributed by atoms with Crippen molar-refractivity contribution in [2.45, 2.75) is 25.2 Å². The molecule has 0 bridgehead atoms. The van der Waals surface area contributed by atoms with Crippen LogP contribution in [0, 0.1) is 5.82 Å². The molecule has 1 saturated heterocycles. The smallest absolute Gasteiger partial charge is 0.125 e. The third-order valence-electron chi connectivity index (χ3n) is 3.98. The van der Waals surface area contributed by atoms with E-state index in [1.54, 1.807) is 6.07 Å². The monoisotopic (exact) mass is 247 g/mol. The standard InChI is InChI=1S/C14H18FN3/c1-14(6-3-7-16-9-14)13-17-11-8-10(15)4-5-12(11)18(13)2/h4-5,8,16H,3,6-7,9H2,1-2H3. The Hall–Kier alpha value is -1.42. The minimum absolute atomic E-state index is 0.0441. The molecule has 4 heteroatoms. The van der Waals surface area contributed by atoms with E-state index >= 15 is 0 Å². The molecule has 1 aromatic heterocycles. The van der Waals surface area contributed by atoms with Gasteiger partial charge in [0.25, 0.3) is 0 Å². The summed E-state index contributed by atoms with van der Waals surface area (Å²) >= 11 is 0. The molecular weight excluding hydrogens is 229 g/mol. The lowest BCUT2D eigenvalue weighted by atomic mass is 9.82. The predicted molar refractivity (Wildman–Crippen MR) is 70.1 cm³/mol. The van der Waals surface area contributed by atoms with Crippen molar-refractivity contribution in [3.8, 4) is 0 Å². The van der Waals surface area contributed by atoms with Crippen molar-refractivity contribution < 1.29 is 4.39 Å². The Labute approximate surface area is 106 Å². The summed E-state index contributed by atoms with van der Waals surface area (Å²) in [7, 11) is 2.02. The van der Waals surface area contributed by atoms with Gasteiger partial charge in [-0.2, -0.15) is 0 Å². The minimum Gasteiger partial charge on any atom is -0.331 e. The molecule has 0 amide bonds. The highest BCUT2D eigenvalue weighted by atomic mass is 19.1.